The summed E-state index contributed by atoms with van der Waals surface area (Å²) in [5.41, 5.74) is -0.629. The van der Waals surface area contributed by atoms with Crippen LogP contribution >= 0.6 is 0 Å². The Labute approximate surface area is 188 Å². The molecule has 1 N–H and O–H groups in total. The van der Waals surface area contributed by atoms with Gasteiger partial charge in [-0.3, -0.25) is 9.59 Å². The van der Waals surface area contributed by atoms with Gasteiger partial charge in [-0.2, -0.15) is 9.71 Å². The maximum atomic E-state index is 12.5. The number of nitrogens with zero attached hydrogens (tertiary/aromatic N) is 3. The van der Waals surface area contributed by atoms with Gasteiger partial charge in [0.05, 0.1) is 17.7 Å². The van der Waals surface area contributed by atoms with E-state index in [9.17, 15) is 14.8 Å². The Balaban J connectivity index is 1.75. The van der Waals surface area contributed by atoms with Crippen LogP contribution in [0.2, 0.25) is 0 Å². The van der Waals surface area contributed by atoms with Crippen molar-refractivity contribution < 1.29 is 19.3 Å². The molecule has 0 amide bonds. The molecule has 1 aliphatic rings. The fourth-order valence-electron chi connectivity index (χ4n) is 4.33. The van der Waals surface area contributed by atoms with Gasteiger partial charge in [-0.25, -0.2) is 0 Å². The van der Waals surface area contributed by atoms with Crippen molar-refractivity contribution in [2.24, 2.45) is 5.92 Å². The van der Waals surface area contributed by atoms with E-state index in [-0.39, 0.29) is 29.7 Å². The molecule has 1 saturated carbocycles. The minimum absolute atomic E-state index is 0.106. The Morgan fingerprint density at radius 3 is 2.69 bits per heavy atom. The number of esters is 1. The molecule has 2 aromatic heterocycles. The molecular formula is C24H35N3O5. The molecule has 8 nitrogen and oxygen atoms in total. The zero-order chi connectivity index (χ0) is 23.3. The summed E-state index contributed by atoms with van der Waals surface area (Å²) in [4.78, 5) is 29.3. The van der Waals surface area contributed by atoms with Crippen LogP contribution in [0.5, 0.6) is 0 Å². The summed E-state index contributed by atoms with van der Waals surface area (Å²) in [6.07, 6.45) is 9.46. The number of hydrogen-bond acceptors (Lipinski definition) is 7. The van der Waals surface area contributed by atoms with Crippen LogP contribution in [0.3, 0.4) is 0 Å². The van der Waals surface area contributed by atoms with Crippen LogP contribution in [-0.2, 0) is 9.53 Å². The first kappa shape index (κ1) is 24.0. The second-order valence-electron chi connectivity index (χ2n) is 9.88. The first-order valence-corrected chi connectivity index (χ1v) is 11.6. The maximum absolute atomic E-state index is 12.5. The Hall–Kier alpha value is -2.64. The Morgan fingerprint density at radius 2 is 2.00 bits per heavy atom. The van der Waals surface area contributed by atoms with Gasteiger partial charge in [0, 0.05) is 5.92 Å². The highest BCUT2D eigenvalue weighted by Gasteiger charge is 2.27. The number of aromatic nitrogens is 3. The molecule has 1 atom stereocenters. The molecule has 0 unspecified atom stereocenters. The van der Waals surface area contributed by atoms with Crippen molar-refractivity contribution in [2.75, 3.05) is 0 Å². The molecule has 1 aliphatic carbocycles. The first-order chi connectivity index (χ1) is 15.1. The van der Waals surface area contributed by atoms with Gasteiger partial charge in [-0.1, -0.05) is 50.1 Å². The molecule has 0 saturated heterocycles. The summed E-state index contributed by atoms with van der Waals surface area (Å²) < 4.78 is 11.6. The van der Waals surface area contributed by atoms with Gasteiger partial charge in [0.25, 0.3) is 5.56 Å². The van der Waals surface area contributed by atoms with E-state index in [0.717, 1.165) is 25.2 Å². The predicted molar refractivity (Wildman–Crippen MR) is 120 cm³/mol. The van der Waals surface area contributed by atoms with E-state index >= 15 is 0 Å². The van der Waals surface area contributed by atoms with Crippen LogP contribution < -0.4 is 5.56 Å². The standard InChI is InChI=1S/C24H35N3O5/c1-16-13-14-19(23(29)27(16)30)21-25-22(32-26-21)18(15-20(28)31-24(2,3)4)12-8-11-17-9-6-5-7-10-17/h13-14,17-18,30H,5-12,15H2,1-4H3/t18-/m1/s1. The van der Waals surface area contributed by atoms with Gasteiger partial charge in [0.2, 0.25) is 11.7 Å². The number of aryl methyl sites for hydroxylation is 1. The molecule has 0 spiro atoms. The van der Waals surface area contributed by atoms with Gasteiger partial charge >= 0.3 is 5.97 Å². The third-order valence-corrected chi connectivity index (χ3v) is 6.00. The molecule has 8 heteroatoms. The van der Waals surface area contributed by atoms with Crippen LogP contribution in [0.25, 0.3) is 11.4 Å². The van der Waals surface area contributed by atoms with Crippen molar-refractivity contribution in [3.05, 3.63) is 34.1 Å². The second kappa shape index (κ2) is 10.3. The van der Waals surface area contributed by atoms with E-state index < -0.39 is 11.2 Å². The summed E-state index contributed by atoms with van der Waals surface area (Å²) in [6.45, 7) is 7.14. The highest BCUT2D eigenvalue weighted by Crippen LogP contribution is 2.32. The summed E-state index contributed by atoms with van der Waals surface area (Å²) in [7, 11) is 0. The smallest absolute Gasteiger partial charge is 0.307 e. The number of carbonyl (C=O) groups excluding carboxylic acids is 1. The number of hydrogen-bond donors (Lipinski definition) is 1. The molecule has 176 valence electrons. The lowest BCUT2D eigenvalue weighted by Crippen LogP contribution is -2.25. The quantitative estimate of drug-likeness (QED) is 0.449. The summed E-state index contributed by atoms with van der Waals surface area (Å²) in [6, 6.07) is 3.17. The van der Waals surface area contributed by atoms with Gasteiger partial charge in [-0.15, -0.1) is 0 Å². The monoisotopic (exact) mass is 445 g/mol. The molecule has 0 aliphatic heterocycles. The maximum Gasteiger partial charge on any atom is 0.307 e. The lowest BCUT2D eigenvalue weighted by Gasteiger charge is -2.23. The molecule has 0 bridgehead atoms. The molecule has 0 radical (unpaired) electrons. The number of pyridine rings is 1. The fraction of sp³-hybridized carbons (Fsp3) is 0.667. The Bertz CT molecular complexity index is 967. The minimum atomic E-state index is -0.613. The van der Waals surface area contributed by atoms with Crippen molar-refractivity contribution in [1.82, 2.24) is 14.9 Å². The fourth-order valence-corrected chi connectivity index (χ4v) is 4.33. The van der Waals surface area contributed by atoms with Crippen molar-refractivity contribution in [2.45, 2.75) is 97.0 Å². The highest BCUT2D eigenvalue weighted by atomic mass is 16.6. The molecule has 1 fully saturated rings. The van der Waals surface area contributed by atoms with Gasteiger partial charge in [0.1, 0.15) is 5.60 Å². The first-order valence-electron chi connectivity index (χ1n) is 11.6. The highest BCUT2D eigenvalue weighted by molar-refractivity contribution is 5.70. The molecule has 0 aromatic carbocycles. The van der Waals surface area contributed by atoms with Gasteiger partial charge in [0.15, 0.2) is 0 Å². The van der Waals surface area contributed by atoms with Crippen molar-refractivity contribution in [1.29, 1.82) is 0 Å². The Kier molecular flexibility index (Phi) is 7.74. The van der Waals surface area contributed by atoms with Crippen LogP contribution in [0.4, 0.5) is 0 Å². The summed E-state index contributed by atoms with van der Waals surface area (Å²) in [5, 5.41) is 13.8. The minimum Gasteiger partial charge on any atom is -0.460 e. The zero-order valence-corrected chi connectivity index (χ0v) is 19.6. The van der Waals surface area contributed by atoms with E-state index in [2.05, 4.69) is 10.1 Å². The van der Waals surface area contributed by atoms with Crippen LogP contribution in [0, 0.1) is 12.8 Å². The lowest BCUT2D eigenvalue weighted by atomic mass is 9.84. The molecular weight excluding hydrogens is 410 g/mol. The molecule has 2 heterocycles. The largest absolute Gasteiger partial charge is 0.460 e. The normalized spacial score (nSPS) is 16.1. The lowest BCUT2D eigenvalue weighted by molar-refractivity contribution is -0.155. The topological polar surface area (TPSA) is 107 Å². The SMILES string of the molecule is Cc1ccc(-c2noc([C@H](CCCC3CCCCC3)CC(=O)OC(C)(C)C)n2)c(=O)n1O. The average Bonchev–Trinajstić information content (AvgIpc) is 3.21. The zero-order valence-electron chi connectivity index (χ0n) is 19.6. The van der Waals surface area contributed by atoms with Gasteiger partial charge < -0.3 is 14.5 Å². The van der Waals surface area contributed by atoms with E-state index in [1.54, 1.807) is 19.1 Å². The number of carbonyl (C=O) groups is 1. The Morgan fingerprint density at radius 1 is 1.28 bits per heavy atom. The van der Waals surface area contributed by atoms with Crippen LogP contribution in [-0.4, -0.2) is 31.6 Å². The summed E-state index contributed by atoms with van der Waals surface area (Å²) in [5.74, 6) is 0.581. The van der Waals surface area contributed by atoms with Crippen LogP contribution in [0.15, 0.2) is 21.5 Å². The molecule has 32 heavy (non-hydrogen) atoms. The van der Waals surface area contributed by atoms with E-state index in [0.29, 0.717) is 16.3 Å². The third kappa shape index (κ3) is 6.43. The van der Waals surface area contributed by atoms with Crippen molar-refractivity contribution >= 4 is 5.97 Å². The molecule has 2 aromatic rings. The van der Waals surface area contributed by atoms with Gasteiger partial charge in [-0.05, 0) is 52.2 Å². The average molecular weight is 446 g/mol. The second-order valence-corrected chi connectivity index (χ2v) is 9.88. The third-order valence-electron chi connectivity index (χ3n) is 6.00. The molecule has 3 rings (SSSR count). The predicted octanol–water partition coefficient (Wildman–Crippen LogP) is 5.01. The van der Waals surface area contributed by atoms with E-state index in [4.69, 9.17) is 9.26 Å². The van der Waals surface area contributed by atoms with Crippen molar-refractivity contribution in [3.63, 3.8) is 0 Å². The van der Waals surface area contributed by atoms with E-state index in [1.165, 1.54) is 32.1 Å². The van der Waals surface area contributed by atoms with E-state index in [1.807, 2.05) is 20.8 Å². The van der Waals surface area contributed by atoms with Crippen molar-refractivity contribution in [3.8, 4) is 11.4 Å². The number of ether oxygens (including phenoxy) is 1. The number of rotatable bonds is 8. The summed E-state index contributed by atoms with van der Waals surface area (Å²) >= 11 is 0. The van der Waals surface area contributed by atoms with Crippen LogP contribution in [0.1, 0.15) is 96.1 Å².